The maximum Gasteiger partial charge on any atom is 0.239 e. The van der Waals surface area contributed by atoms with Gasteiger partial charge in [-0.1, -0.05) is 38.4 Å². The summed E-state index contributed by atoms with van der Waals surface area (Å²) in [7, 11) is 0.698. The summed E-state index contributed by atoms with van der Waals surface area (Å²) in [4.78, 5) is 10.2. The van der Waals surface area contributed by atoms with Gasteiger partial charge in [-0.25, -0.2) is 20.0 Å². The fraction of sp³-hybridized carbons (Fsp3) is 0.478. The monoisotopic (exact) mass is 504 g/mol. The van der Waals surface area contributed by atoms with Gasteiger partial charge in [0, 0.05) is 28.5 Å². The minimum absolute atomic E-state index is 0.132. The van der Waals surface area contributed by atoms with Crippen LogP contribution in [-0.4, -0.2) is 49.1 Å². The molecule has 0 bridgehead atoms. The van der Waals surface area contributed by atoms with Gasteiger partial charge in [-0.15, -0.1) is 10.2 Å². The number of aromatic nitrogens is 5. The molecule has 0 saturated carbocycles. The van der Waals surface area contributed by atoms with Gasteiger partial charge in [0.05, 0.1) is 17.4 Å². The van der Waals surface area contributed by atoms with Crippen LogP contribution in [0.25, 0.3) is 5.69 Å². The molecule has 1 saturated heterocycles. The van der Waals surface area contributed by atoms with Crippen LogP contribution in [-0.2, 0) is 0 Å². The van der Waals surface area contributed by atoms with Gasteiger partial charge in [0.2, 0.25) is 5.95 Å². The highest BCUT2D eigenvalue weighted by atomic mass is 35.5. The normalized spacial score (nSPS) is 27.0. The van der Waals surface area contributed by atoms with E-state index in [9.17, 15) is 0 Å². The number of nitrogens with one attached hydrogen (secondary N) is 1. The lowest BCUT2D eigenvalue weighted by Gasteiger charge is -2.44. The topological polar surface area (TPSA) is 77.8 Å². The van der Waals surface area contributed by atoms with Crippen molar-refractivity contribution in [1.29, 1.82) is 0 Å². The summed E-state index contributed by atoms with van der Waals surface area (Å²) in [6, 6.07) is 6.42. The third-order valence-electron chi connectivity index (χ3n) is 7.01. The molecule has 2 aliphatic rings. The van der Waals surface area contributed by atoms with Crippen molar-refractivity contribution in [3.05, 3.63) is 47.3 Å². The number of nitrogens with zero attached hydrogens (tertiary/aromatic N) is 5. The number of benzene rings is 1. The number of hydrogen-bond donors (Lipinski definition) is 1. The first-order valence-corrected chi connectivity index (χ1v) is 14.6. The fourth-order valence-electron chi connectivity index (χ4n) is 5.00. The number of para-hydroxylation sites is 1. The average Bonchev–Trinajstić information content (AvgIpc) is 3.37. The van der Waals surface area contributed by atoms with Crippen molar-refractivity contribution in [3.63, 3.8) is 0 Å². The molecule has 176 valence electrons. The number of rotatable bonds is 6. The maximum absolute atomic E-state index is 5.95. The molecule has 5 atom stereocenters. The van der Waals surface area contributed by atoms with Crippen LogP contribution in [0.2, 0.25) is 5.02 Å². The van der Waals surface area contributed by atoms with E-state index in [-0.39, 0.29) is 11.2 Å². The van der Waals surface area contributed by atoms with Crippen LogP contribution in [0.15, 0.2) is 35.5 Å². The Hall–Kier alpha value is -1.97. The lowest BCUT2D eigenvalue weighted by molar-refractivity contribution is 0.410. The molecule has 5 rings (SSSR count). The summed E-state index contributed by atoms with van der Waals surface area (Å²) in [5.74, 6) is 5.36. The van der Waals surface area contributed by atoms with E-state index in [4.69, 9.17) is 21.4 Å². The van der Waals surface area contributed by atoms with Crippen LogP contribution in [0, 0.1) is 5.92 Å². The van der Waals surface area contributed by atoms with Crippen LogP contribution in [0.5, 0.6) is 5.75 Å². The Morgan fingerprint density at radius 2 is 2.00 bits per heavy atom. The number of methoxy groups -OCH3 is 1. The van der Waals surface area contributed by atoms with Gasteiger partial charge >= 0.3 is 0 Å². The molecule has 1 aromatic carbocycles. The van der Waals surface area contributed by atoms with E-state index < -0.39 is 10.0 Å². The van der Waals surface area contributed by atoms with E-state index in [0.29, 0.717) is 16.2 Å². The third-order valence-corrected chi connectivity index (χ3v) is 12.5. The van der Waals surface area contributed by atoms with Crippen molar-refractivity contribution in [2.75, 3.05) is 23.8 Å². The van der Waals surface area contributed by atoms with Crippen LogP contribution in [0.4, 0.5) is 5.95 Å². The number of ether oxygens (including phenoxy) is 1. The summed E-state index contributed by atoms with van der Waals surface area (Å²) < 4.78 is 11.5. The Bertz CT molecular complexity index is 1170. The van der Waals surface area contributed by atoms with Crippen molar-refractivity contribution in [2.45, 2.75) is 48.5 Å². The molecule has 2 aromatic heterocycles. The van der Waals surface area contributed by atoms with Gasteiger partial charge in [-0.2, -0.15) is 0 Å². The first-order chi connectivity index (χ1) is 15.8. The molecule has 1 N–H and O–H groups in total. The minimum Gasteiger partial charge on any atom is -0.495 e. The van der Waals surface area contributed by atoms with Crippen molar-refractivity contribution in [2.24, 2.45) is 5.92 Å². The van der Waals surface area contributed by atoms with Gasteiger partial charge in [-0.3, -0.25) is 9.29 Å². The van der Waals surface area contributed by atoms with Crippen LogP contribution in [0.1, 0.15) is 50.0 Å². The average molecular weight is 505 g/mol. The molecule has 0 radical (unpaired) electrons. The predicted molar refractivity (Wildman–Crippen MR) is 137 cm³/mol. The second-order valence-electron chi connectivity index (χ2n) is 9.05. The van der Waals surface area contributed by atoms with Crippen LogP contribution < -0.4 is 9.46 Å². The van der Waals surface area contributed by atoms with Crippen molar-refractivity contribution in [1.82, 2.24) is 24.7 Å². The van der Waals surface area contributed by atoms with Crippen LogP contribution in [0.3, 0.4) is 0 Å². The van der Waals surface area contributed by atoms with E-state index in [1.807, 2.05) is 6.07 Å². The smallest absolute Gasteiger partial charge is 0.239 e. The highest BCUT2D eigenvalue weighted by Gasteiger charge is 2.49. The molecule has 2 aliphatic heterocycles. The summed E-state index contributed by atoms with van der Waals surface area (Å²) in [6.45, 7) is 6.63. The molecule has 5 unspecified atom stereocenters. The summed E-state index contributed by atoms with van der Waals surface area (Å²) >= 11 is 7.55. The summed E-state index contributed by atoms with van der Waals surface area (Å²) in [5, 5.41) is 10.5. The molecule has 4 heterocycles. The quantitative estimate of drug-likeness (QED) is 0.421. The second-order valence-corrected chi connectivity index (χ2v) is 14.3. The zero-order valence-corrected chi connectivity index (χ0v) is 21.8. The number of anilines is 1. The van der Waals surface area contributed by atoms with Gasteiger partial charge < -0.3 is 4.74 Å². The number of hydrogen-bond acceptors (Lipinski definition) is 7. The fourth-order valence-corrected chi connectivity index (χ4v) is 10.3. The number of fused-ring (bicyclic) bond motifs is 6. The largest absolute Gasteiger partial charge is 0.495 e. The predicted octanol–water partition coefficient (Wildman–Crippen LogP) is 5.86. The van der Waals surface area contributed by atoms with E-state index in [0.717, 1.165) is 29.0 Å². The van der Waals surface area contributed by atoms with Gasteiger partial charge in [0.1, 0.15) is 17.3 Å². The standard InChI is InChI=1S/C23H29ClN6OS2/c1-13-9-10-33(5)18-8-6-7-17(31-4)19(18)30-22(20(13)33)27-28-23(30)29-32-15(3)14(2)21-25-11-16(24)12-26-21/h6-8,11-15,20H,9-10H2,1-5H3,(H,28,29). The van der Waals surface area contributed by atoms with E-state index in [1.54, 1.807) is 31.5 Å². The van der Waals surface area contributed by atoms with E-state index in [2.05, 4.69) is 63.5 Å². The molecular weight excluding hydrogens is 476 g/mol. The van der Waals surface area contributed by atoms with E-state index in [1.165, 1.54) is 17.1 Å². The summed E-state index contributed by atoms with van der Waals surface area (Å²) in [6.07, 6.45) is 6.96. The molecule has 33 heavy (non-hydrogen) atoms. The van der Waals surface area contributed by atoms with E-state index >= 15 is 0 Å². The Morgan fingerprint density at radius 3 is 2.73 bits per heavy atom. The Labute approximate surface area is 205 Å². The third kappa shape index (κ3) is 3.68. The second kappa shape index (κ2) is 8.67. The molecule has 1 fully saturated rings. The van der Waals surface area contributed by atoms with Gasteiger partial charge in [0.15, 0.2) is 5.82 Å². The highest BCUT2D eigenvalue weighted by Crippen LogP contribution is 2.74. The molecule has 0 spiro atoms. The SMILES string of the molecule is COc1cccc2c1-n1c(NSC(C)C(C)c3ncc(Cl)cn3)nnc1C1C(C)CCS21C. The number of halogens is 1. The van der Waals surface area contributed by atoms with Crippen molar-refractivity contribution < 1.29 is 4.74 Å². The zero-order valence-electron chi connectivity index (χ0n) is 19.4. The van der Waals surface area contributed by atoms with Crippen molar-refractivity contribution in [3.8, 4) is 11.4 Å². The molecule has 3 aromatic rings. The molecule has 10 heteroatoms. The van der Waals surface area contributed by atoms with Gasteiger partial charge in [-0.05, 0) is 48.4 Å². The Morgan fingerprint density at radius 1 is 1.24 bits per heavy atom. The van der Waals surface area contributed by atoms with Crippen LogP contribution >= 0.6 is 33.6 Å². The van der Waals surface area contributed by atoms with Crippen molar-refractivity contribution >= 4 is 39.5 Å². The Balaban J connectivity index is 1.48. The van der Waals surface area contributed by atoms with Gasteiger partial charge in [0.25, 0.3) is 0 Å². The molecule has 0 aliphatic carbocycles. The lowest BCUT2D eigenvalue weighted by Crippen LogP contribution is -2.23. The highest BCUT2D eigenvalue weighted by molar-refractivity contribution is 8.33. The zero-order chi connectivity index (χ0) is 23.3. The minimum atomic E-state index is -1.04. The summed E-state index contributed by atoms with van der Waals surface area (Å²) in [5.41, 5.74) is 1.09. The molecule has 0 amide bonds. The molecule has 7 nitrogen and oxygen atoms in total. The first-order valence-electron chi connectivity index (χ1n) is 11.1. The lowest BCUT2D eigenvalue weighted by atomic mass is 10.0. The first kappa shape index (κ1) is 22.8. The Kier molecular flexibility index (Phi) is 5.99. The maximum atomic E-state index is 5.95. The molecular formula is C23H29ClN6OS2.